The van der Waals surface area contributed by atoms with Gasteiger partial charge in [-0.15, -0.1) is 0 Å². The highest BCUT2D eigenvalue weighted by molar-refractivity contribution is 7.89. The lowest BCUT2D eigenvalue weighted by Crippen LogP contribution is -2.41. The minimum Gasteiger partial charge on any atom is -0.342 e. The van der Waals surface area contributed by atoms with Gasteiger partial charge in [0.1, 0.15) is 0 Å². The first-order valence-electron chi connectivity index (χ1n) is 7.06. The largest absolute Gasteiger partial charge is 0.417 e. The van der Waals surface area contributed by atoms with E-state index in [-0.39, 0.29) is 5.02 Å². The van der Waals surface area contributed by atoms with Crippen molar-refractivity contribution in [2.24, 2.45) is 0 Å². The third kappa shape index (κ3) is 4.61. The molecule has 0 fully saturated rings. The Hall–Kier alpha value is -1.32. The summed E-state index contributed by atoms with van der Waals surface area (Å²) in [7, 11) is -3.45. The van der Waals surface area contributed by atoms with Crippen LogP contribution in [0, 0.1) is 0 Å². The Kier molecular flexibility index (Phi) is 6.66. The van der Waals surface area contributed by atoms with Crippen molar-refractivity contribution in [3.8, 4) is 0 Å². The predicted octanol–water partition coefficient (Wildman–Crippen LogP) is 2.85. The van der Waals surface area contributed by atoms with Crippen LogP contribution >= 0.6 is 11.6 Å². The second kappa shape index (κ2) is 7.71. The van der Waals surface area contributed by atoms with E-state index in [1.54, 1.807) is 13.8 Å². The standard InChI is InChI=1S/C14H18ClF3N2O3S/c1-4-20(5-2)13(21)9-19(3)24(22,23)12-7-6-10(15)8-11(12)14(16,17)18/h6-8H,4-5,9H2,1-3H3. The van der Waals surface area contributed by atoms with Gasteiger partial charge in [-0.2, -0.15) is 17.5 Å². The molecule has 0 radical (unpaired) electrons. The van der Waals surface area contributed by atoms with Gasteiger partial charge in [0.15, 0.2) is 0 Å². The number of amides is 1. The Morgan fingerprint density at radius 3 is 2.21 bits per heavy atom. The number of likely N-dealkylation sites (N-methyl/N-ethyl adjacent to an activating group) is 2. The Labute approximate surface area is 144 Å². The quantitative estimate of drug-likeness (QED) is 0.755. The van der Waals surface area contributed by atoms with Crippen molar-refractivity contribution in [2.45, 2.75) is 24.9 Å². The number of sulfonamides is 1. The van der Waals surface area contributed by atoms with Gasteiger partial charge in [-0.1, -0.05) is 11.6 Å². The maximum absolute atomic E-state index is 13.1. The molecule has 0 aromatic heterocycles. The Morgan fingerprint density at radius 2 is 1.75 bits per heavy atom. The van der Waals surface area contributed by atoms with E-state index in [1.807, 2.05) is 0 Å². The lowest BCUT2D eigenvalue weighted by Gasteiger charge is -2.24. The summed E-state index contributed by atoms with van der Waals surface area (Å²) < 4.78 is 64.8. The normalized spacial score (nSPS) is 12.5. The van der Waals surface area contributed by atoms with Gasteiger partial charge in [0.2, 0.25) is 15.9 Å². The fraction of sp³-hybridized carbons (Fsp3) is 0.500. The summed E-state index contributed by atoms with van der Waals surface area (Å²) >= 11 is 5.55. The van der Waals surface area contributed by atoms with Crippen LogP contribution in [0.3, 0.4) is 0 Å². The van der Waals surface area contributed by atoms with E-state index >= 15 is 0 Å². The van der Waals surface area contributed by atoms with Crippen molar-refractivity contribution in [1.29, 1.82) is 0 Å². The first kappa shape index (κ1) is 20.7. The van der Waals surface area contributed by atoms with Crippen LogP contribution in [0.4, 0.5) is 13.2 Å². The van der Waals surface area contributed by atoms with E-state index in [2.05, 4.69) is 0 Å². The highest BCUT2D eigenvalue weighted by Crippen LogP contribution is 2.36. The van der Waals surface area contributed by atoms with Crippen molar-refractivity contribution in [1.82, 2.24) is 9.21 Å². The van der Waals surface area contributed by atoms with E-state index in [1.165, 1.54) is 4.90 Å². The van der Waals surface area contributed by atoms with Gasteiger partial charge in [0.25, 0.3) is 0 Å². The zero-order valence-corrected chi connectivity index (χ0v) is 15.0. The second-order valence-electron chi connectivity index (χ2n) is 4.97. The Bertz CT molecular complexity index is 704. The van der Waals surface area contributed by atoms with Crippen LogP contribution in [0.1, 0.15) is 19.4 Å². The van der Waals surface area contributed by atoms with Crippen LogP contribution in [0.25, 0.3) is 0 Å². The highest BCUT2D eigenvalue weighted by Gasteiger charge is 2.39. The Morgan fingerprint density at radius 1 is 1.21 bits per heavy atom. The number of halogens is 4. The minimum atomic E-state index is -4.89. The number of carbonyl (C=O) groups excluding carboxylic acids is 1. The lowest BCUT2D eigenvalue weighted by atomic mass is 10.2. The molecular weight excluding hydrogens is 369 g/mol. The van der Waals surface area contributed by atoms with Crippen molar-refractivity contribution in [2.75, 3.05) is 26.7 Å². The van der Waals surface area contributed by atoms with Crippen LogP contribution < -0.4 is 0 Å². The molecule has 1 aromatic carbocycles. The molecule has 0 aliphatic carbocycles. The van der Waals surface area contributed by atoms with Crippen LogP contribution in [0.15, 0.2) is 23.1 Å². The van der Waals surface area contributed by atoms with Crippen molar-refractivity contribution in [3.05, 3.63) is 28.8 Å². The third-order valence-corrected chi connectivity index (χ3v) is 5.51. The maximum atomic E-state index is 13.1. The smallest absolute Gasteiger partial charge is 0.342 e. The molecule has 5 nitrogen and oxygen atoms in total. The third-order valence-electron chi connectivity index (χ3n) is 3.41. The van der Waals surface area contributed by atoms with Gasteiger partial charge >= 0.3 is 6.18 Å². The summed E-state index contributed by atoms with van der Waals surface area (Å²) in [4.78, 5) is 12.5. The van der Waals surface area contributed by atoms with Crippen LogP contribution in [-0.4, -0.2) is 50.2 Å². The number of hydrogen-bond donors (Lipinski definition) is 0. The van der Waals surface area contributed by atoms with Gasteiger partial charge in [-0.25, -0.2) is 8.42 Å². The number of hydrogen-bond acceptors (Lipinski definition) is 3. The molecule has 0 aliphatic rings. The molecule has 136 valence electrons. The molecule has 0 saturated carbocycles. The summed E-state index contributed by atoms with van der Waals surface area (Å²) in [5.41, 5.74) is -1.36. The zero-order valence-electron chi connectivity index (χ0n) is 13.4. The lowest BCUT2D eigenvalue weighted by molar-refractivity contribution is -0.139. The van der Waals surface area contributed by atoms with Gasteiger partial charge in [0, 0.05) is 25.2 Å². The van der Waals surface area contributed by atoms with Gasteiger partial charge in [0.05, 0.1) is 17.0 Å². The average Bonchev–Trinajstić information content (AvgIpc) is 2.47. The predicted molar refractivity (Wildman–Crippen MR) is 84.2 cm³/mol. The number of nitrogens with zero attached hydrogens (tertiary/aromatic N) is 2. The summed E-state index contributed by atoms with van der Waals surface area (Å²) in [5, 5.41) is -0.233. The first-order chi connectivity index (χ1) is 10.9. The van der Waals surface area contributed by atoms with E-state index in [0.717, 1.165) is 19.2 Å². The molecular formula is C14H18ClF3N2O3S. The van der Waals surface area contributed by atoms with E-state index in [4.69, 9.17) is 11.6 Å². The second-order valence-corrected chi connectivity index (χ2v) is 7.42. The first-order valence-corrected chi connectivity index (χ1v) is 8.87. The average molecular weight is 387 g/mol. The maximum Gasteiger partial charge on any atom is 0.417 e. The fourth-order valence-corrected chi connectivity index (χ4v) is 3.55. The molecule has 0 heterocycles. The molecule has 0 N–H and O–H groups in total. The van der Waals surface area contributed by atoms with E-state index < -0.39 is 39.1 Å². The summed E-state index contributed by atoms with van der Waals surface area (Å²) in [6, 6.07) is 2.40. The molecule has 0 unspecified atom stereocenters. The topological polar surface area (TPSA) is 57.7 Å². The molecule has 24 heavy (non-hydrogen) atoms. The number of carbonyl (C=O) groups is 1. The van der Waals surface area contributed by atoms with Crippen LogP contribution in [-0.2, 0) is 21.0 Å². The summed E-state index contributed by atoms with van der Waals surface area (Å²) in [5.74, 6) is -0.492. The number of alkyl halides is 3. The number of benzene rings is 1. The molecule has 1 amide bonds. The SMILES string of the molecule is CCN(CC)C(=O)CN(C)S(=O)(=O)c1ccc(Cl)cc1C(F)(F)F. The minimum absolute atomic E-state index is 0.233. The molecule has 0 bridgehead atoms. The van der Waals surface area contributed by atoms with Gasteiger partial charge < -0.3 is 4.90 Å². The van der Waals surface area contributed by atoms with Crippen LogP contribution in [0.2, 0.25) is 5.02 Å². The van der Waals surface area contributed by atoms with E-state index in [9.17, 15) is 26.4 Å². The summed E-state index contributed by atoms with van der Waals surface area (Å²) in [6.07, 6.45) is -4.89. The molecule has 1 aromatic rings. The molecule has 0 atom stereocenters. The van der Waals surface area contributed by atoms with Gasteiger partial charge in [-0.05, 0) is 32.0 Å². The van der Waals surface area contributed by atoms with E-state index in [0.29, 0.717) is 23.5 Å². The van der Waals surface area contributed by atoms with Gasteiger partial charge in [-0.3, -0.25) is 4.79 Å². The Balaban J connectivity index is 3.24. The van der Waals surface area contributed by atoms with Crippen molar-refractivity contribution in [3.63, 3.8) is 0 Å². The monoisotopic (exact) mass is 386 g/mol. The fourth-order valence-electron chi connectivity index (χ4n) is 2.07. The molecule has 0 saturated heterocycles. The number of rotatable bonds is 6. The molecule has 0 spiro atoms. The molecule has 1 rings (SSSR count). The van der Waals surface area contributed by atoms with Crippen LogP contribution in [0.5, 0.6) is 0 Å². The molecule has 10 heteroatoms. The highest BCUT2D eigenvalue weighted by atomic mass is 35.5. The van der Waals surface area contributed by atoms with Crippen molar-refractivity contribution >= 4 is 27.5 Å². The summed E-state index contributed by atoms with van der Waals surface area (Å²) in [6.45, 7) is 3.63. The zero-order chi connectivity index (χ0) is 18.7. The molecule has 0 aliphatic heterocycles. The van der Waals surface area contributed by atoms with Crippen molar-refractivity contribution < 1.29 is 26.4 Å².